The lowest BCUT2D eigenvalue weighted by molar-refractivity contribution is 0.0950. The maximum absolute atomic E-state index is 12.5. The Balaban J connectivity index is 0.00000288. The average molecular weight is 351 g/mol. The van der Waals surface area contributed by atoms with Crippen LogP contribution in [0.3, 0.4) is 0 Å². The van der Waals surface area contributed by atoms with Gasteiger partial charge in [-0.15, -0.1) is 12.4 Å². The molecule has 5 nitrogen and oxygen atoms in total. The minimum absolute atomic E-state index is 0. The van der Waals surface area contributed by atoms with Crippen molar-refractivity contribution in [1.82, 2.24) is 15.1 Å². The number of aromatic nitrogens is 2. The smallest absolute Gasteiger partial charge is 0.254 e. The third kappa shape index (κ3) is 4.58. The lowest BCUT2D eigenvalue weighted by Gasteiger charge is -2.22. The summed E-state index contributed by atoms with van der Waals surface area (Å²) in [6.07, 6.45) is 2.40. The highest BCUT2D eigenvalue weighted by Gasteiger charge is 2.23. The summed E-state index contributed by atoms with van der Waals surface area (Å²) in [7, 11) is 0. The van der Waals surface area contributed by atoms with Crippen LogP contribution in [0.1, 0.15) is 55.4 Å². The number of carbonyl (C=O) groups excluding carboxylic acids is 1. The van der Waals surface area contributed by atoms with E-state index in [1.165, 1.54) is 0 Å². The highest BCUT2D eigenvalue weighted by molar-refractivity contribution is 5.95. The van der Waals surface area contributed by atoms with E-state index >= 15 is 0 Å². The molecule has 2 rings (SSSR count). The van der Waals surface area contributed by atoms with Crippen LogP contribution in [0.25, 0.3) is 0 Å². The predicted octanol–water partition coefficient (Wildman–Crippen LogP) is 3.05. The quantitative estimate of drug-likeness (QED) is 0.870. The number of carbonyl (C=O) groups is 1. The molecule has 3 N–H and O–H groups in total. The van der Waals surface area contributed by atoms with Crippen LogP contribution in [0.2, 0.25) is 0 Å². The lowest BCUT2D eigenvalue weighted by atomic mass is 10.1. The minimum atomic E-state index is -0.220. The fraction of sp³-hybridized carbons (Fsp3) is 0.444. The van der Waals surface area contributed by atoms with Crippen molar-refractivity contribution in [3.63, 3.8) is 0 Å². The van der Waals surface area contributed by atoms with Gasteiger partial charge in [0.1, 0.15) is 0 Å². The molecule has 132 valence electrons. The normalized spacial score (nSPS) is 12.4. The largest absolute Gasteiger partial charge is 0.350 e. The van der Waals surface area contributed by atoms with Crippen LogP contribution in [0.15, 0.2) is 36.5 Å². The van der Waals surface area contributed by atoms with E-state index < -0.39 is 0 Å². The van der Waals surface area contributed by atoms with Crippen molar-refractivity contribution in [2.75, 3.05) is 6.54 Å². The third-order valence-corrected chi connectivity index (χ3v) is 3.79. The summed E-state index contributed by atoms with van der Waals surface area (Å²) in [5.74, 6) is -0.122. The van der Waals surface area contributed by atoms with Crippen molar-refractivity contribution in [1.29, 1.82) is 0 Å². The Morgan fingerprint density at radius 3 is 2.46 bits per heavy atom. The first-order chi connectivity index (χ1) is 10.8. The van der Waals surface area contributed by atoms with Gasteiger partial charge in [-0.05, 0) is 32.8 Å². The molecule has 0 fully saturated rings. The van der Waals surface area contributed by atoms with Crippen LogP contribution in [-0.2, 0) is 12.0 Å². The SMILES string of the molecule is CCc1c(C(=O)NCC(N)c2ccccc2)cnn1C(C)(C)C.Cl. The molecule has 0 aliphatic carbocycles. The summed E-state index contributed by atoms with van der Waals surface area (Å²) in [4.78, 5) is 12.5. The van der Waals surface area contributed by atoms with Gasteiger partial charge < -0.3 is 11.1 Å². The van der Waals surface area contributed by atoms with Gasteiger partial charge in [0.2, 0.25) is 0 Å². The highest BCUT2D eigenvalue weighted by atomic mass is 35.5. The Hall–Kier alpha value is -1.85. The molecule has 0 aliphatic heterocycles. The first kappa shape index (κ1) is 20.2. The van der Waals surface area contributed by atoms with Gasteiger partial charge in [-0.3, -0.25) is 9.48 Å². The fourth-order valence-electron chi connectivity index (χ4n) is 2.60. The van der Waals surface area contributed by atoms with E-state index in [9.17, 15) is 4.79 Å². The molecular weight excluding hydrogens is 324 g/mol. The molecule has 1 aromatic carbocycles. The second kappa shape index (κ2) is 8.31. The van der Waals surface area contributed by atoms with Crippen LogP contribution < -0.4 is 11.1 Å². The molecule has 2 aromatic rings. The van der Waals surface area contributed by atoms with Crippen molar-refractivity contribution in [2.24, 2.45) is 5.73 Å². The zero-order valence-corrected chi connectivity index (χ0v) is 15.6. The number of amides is 1. The van der Waals surface area contributed by atoms with Gasteiger partial charge in [-0.25, -0.2) is 0 Å². The molecular formula is C18H27ClN4O. The molecule has 6 heteroatoms. The number of halogens is 1. The van der Waals surface area contributed by atoms with E-state index in [-0.39, 0.29) is 29.9 Å². The van der Waals surface area contributed by atoms with Gasteiger partial charge in [0.15, 0.2) is 0 Å². The second-order valence-corrected chi connectivity index (χ2v) is 6.67. The molecule has 0 spiro atoms. The van der Waals surface area contributed by atoms with Gasteiger partial charge in [-0.1, -0.05) is 37.3 Å². The zero-order valence-electron chi connectivity index (χ0n) is 14.7. The number of benzene rings is 1. The number of nitrogens with zero attached hydrogens (tertiary/aromatic N) is 2. The Morgan fingerprint density at radius 2 is 1.92 bits per heavy atom. The molecule has 0 saturated carbocycles. The minimum Gasteiger partial charge on any atom is -0.350 e. The molecule has 1 heterocycles. The summed E-state index contributed by atoms with van der Waals surface area (Å²) in [5, 5.41) is 7.31. The molecule has 1 atom stereocenters. The van der Waals surface area contributed by atoms with Crippen LogP contribution in [0.5, 0.6) is 0 Å². The zero-order chi connectivity index (χ0) is 17.0. The van der Waals surface area contributed by atoms with E-state index in [1.807, 2.05) is 41.9 Å². The first-order valence-electron chi connectivity index (χ1n) is 8.00. The molecule has 24 heavy (non-hydrogen) atoms. The molecule has 1 aromatic heterocycles. The van der Waals surface area contributed by atoms with Crippen molar-refractivity contribution in [3.05, 3.63) is 53.3 Å². The fourth-order valence-corrected chi connectivity index (χ4v) is 2.60. The van der Waals surface area contributed by atoms with Crippen LogP contribution in [0, 0.1) is 0 Å². The maximum atomic E-state index is 12.5. The lowest BCUT2D eigenvalue weighted by Crippen LogP contribution is -2.32. The average Bonchev–Trinajstić information content (AvgIpc) is 2.97. The summed E-state index contributed by atoms with van der Waals surface area (Å²) in [5.41, 5.74) is 8.57. The van der Waals surface area contributed by atoms with Crippen LogP contribution >= 0.6 is 12.4 Å². The Bertz CT molecular complexity index is 661. The molecule has 0 saturated heterocycles. The Kier molecular flexibility index (Phi) is 6.99. The highest BCUT2D eigenvalue weighted by Crippen LogP contribution is 2.19. The molecule has 0 radical (unpaired) electrons. The number of hydrogen-bond donors (Lipinski definition) is 2. The summed E-state index contributed by atoms with van der Waals surface area (Å²) in [6, 6.07) is 9.54. The van der Waals surface area contributed by atoms with Crippen molar-refractivity contribution in [2.45, 2.75) is 45.7 Å². The van der Waals surface area contributed by atoms with Crippen molar-refractivity contribution >= 4 is 18.3 Å². The van der Waals surface area contributed by atoms with E-state index in [0.29, 0.717) is 12.1 Å². The van der Waals surface area contributed by atoms with Crippen molar-refractivity contribution < 1.29 is 4.79 Å². The monoisotopic (exact) mass is 350 g/mol. The first-order valence-corrected chi connectivity index (χ1v) is 8.00. The number of nitrogens with two attached hydrogens (primary N) is 1. The van der Waals surface area contributed by atoms with Gasteiger partial charge in [0, 0.05) is 12.6 Å². The summed E-state index contributed by atoms with van der Waals surface area (Å²) >= 11 is 0. The van der Waals surface area contributed by atoms with Gasteiger partial charge in [-0.2, -0.15) is 5.10 Å². The van der Waals surface area contributed by atoms with Gasteiger partial charge >= 0.3 is 0 Å². The van der Waals surface area contributed by atoms with Crippen LogP contribution in [-0.4, -0.2) is 22.2 Å². The predicted molar refractivity (Wildman–Crippen MR) is 99.6 cm³/mol. The standard InChI is InChI=1S/C18H26N4O.ClH/c1-5-16-14(11-21-22(16)18(2,3)4)17(23)20-12-15(19)13-9-7-6-8-10-13;/h6-11,15H,5,12,19H2,1-4H3,(H,20,23);1H. The second-order valence-electron chi connectivity index (χ2n) is 6.67. The molecule has 0 aliphatic rings. The van der Waals surface area contributed by atoms with E-state index in [1.54, 1.807) is 6.20 Å². The topological polar surface area (TPSA) is 72.9 Å². The maximum Gasteiger partial charge on any atom is 0.254 e. The third-order valence-electron chi connectivity index (χ3n) is 3.79. The van der Waals surface area contributed by atoms with E-state index in [2.05, 4.69) is 31.2 Å². The summed E-state index contributed by atoms with van der Waals surface area (Å²) < 4.78 is 1.92. The molecule has 0 bridgehead atoms. The van der Waals surface area contributed by atoms with Gasteiger partial charge in [0.05, 0.1) is 23.0 Å². The number of hydrogen-bond acceptors (Lipinski definition) is 3. The van der Waals surface area contributed by atoms with E-state index in [0.717, 1.165) is 17.7 Å². The molecule has 1 amide bonds. The van der Waals surface area contributed by atoms with Crippen LogP contribution in [0.4, 0.5) is 0 Å². The Morgan fingerprint density at radius 1 is 1.29 bits per heavy atom. The number of nitrogens with one attached hydrogen (secondary N) is 1. The van der Waals surface area contributed by atoms with E-state index in [4.69, 9.17) is 5.73 Å². The number of rotatable bonds is 5. The van der Waals surface area contributed by atoms with Gasteiger partial charge in [0.25, 0.3) is 5.91 Å². The molecule has 1 unspecified atom stereocenters. The Labute approximate surface area is 150 Å². The summed E-state index contributed by atoms with van der Waals surface area (Å²) in [6.45, 7) is 8.66. The van der Waals surface area contributed by atoms with Crippen molar-refractivity contribution in [3.8, 4) is 0 Å².